The van der Waals surface area contributed by atoms with Crippen molar-refractivity contribution in [3.8, 4) is 0 Å². The topological polar surface area (TPSA) is 63.4 Å². The quantitative estimate of drug-likeness (QED) is 0.650. The third-order valence-corrected chi connectivity index (χ3v) is 6.80. The minimum atomic E-state index is 0.0341. The number of hydrogen-bond acceptors (Lipinski definition) is 5. The number of fused-ring (bicyclic) bond motifs is 1. The van der Waals surface area contributed by atoms with E-state index >= 15 is 0 Å². The highest BCUT2D eigenvalue weighted by Crippen LogP contribution is 2.28. The Morgan fingerprint density at radius 1 is 1.00 bits per heavy atom. The Balaban J connectivity index is 1.28. The predicted octanol–water partition coefficient (Wildman–Crippen LogP) is 2.53. The van der Waals surface area contributed by atoms with Crippen LogP contribution in [0.5, 0.6) is 0 Å². The minimum Gasteiger partial charge on any atom is -0.369 e. The number of hydrogen-bond donors (Lipinski definition) is 0. The summed E-state index contributed by atoms with van der Waals surface area (Å²) in [5.74, 6) is 0. The molecule has 0 bridgehead atoms. The fourth-order valence-electron chi connectivity index (χ4n) is 4.87. The summed E-state index contributed by atoms with van der Waals surface area (Å²) in [6.07, 6.45) is 8.12. The molecule has 1 aromatic carbocycles. The van der Waals surface area contributed by atoms with Crippen LogP contribution in [-0.2, 0) is 13.6 Å². The largest absolute Gasteiger partial charge is 0.369 e. The van der Waals surface area contributed by atoms with Crippen LogP contribution in [-0.4, -0.2) is 45.2 Å². The first-order valence-electron chi connectivity index (χ1n) is 11.2. The minimum absolute atomic E-state index is 0.0341. The lowest BCUT2D eigenvalue weighted by Gasteiger charge is -2.36. The predicted molar refractivity (Wildman–Crippen MR) is 123 cm³/mol. The zero-order valence-corrected chi connectivity index (χ0v) is 18.0. The SMILES string of the molecule is Cn1ccc(CN2CCN(c3ccc4c(=O)n(C5CCCC5)cnc4c3)CC2)cc1=O. The van der Waals surface area contributed by atoms with E-state index in [1.165, 1.54) is 12.8 Å². The van der Waals surface area contributed by atoms with Gasteiger partial charge in [0.1, 0.15) is 0 Å². The Morgan fingerprint density at radius 3 is 2.52 bits per heavy atom. The van der Waals surface area contributed by atoms with E-state index in [0.717, 1.165) is 62.3 Å². The van der Waals surface area contributed by atoms with Gasteiger partial charge < -0.3 is 9.47 Å². The molecule has 3 aromatic rings. The van der Waals surface area contributed by atoms with E-state index in [2.05, 4.69) is 20.9 Å². The molecule has 0 unspecified atom stereocenters. The summed E-state index contributed by atoms with van der Waals surface area (Å²) in [5.41, 5.74) is 3.07. The van der Waals surface area contributed by atoms with E-state index in [0.29, 0.717) is 11.4 Å². The van der Waals surface area contributed by atoms with Gasteiger partial charge in [0.05, 0.1) is 17.2 Å². The molecule has 31 heavy (non-hydrogen) atoms. The summed E-state index contributed by atoms with van der Waals surface area (Å²) >= 11 is 0. The van der Waals surface area contributed by atoms with Crippen molar-refractivity contribution in [2.45, 2.75) is 38.3 Å². The average molecular weight is 420 g/mol. The highest BCUT2D eigenvalue weighted by Gasteiger charge is 2.21. The molecular formula is C24H29N5O2. The molecular weight excluding hydrogens is 390 g/mol. The Labute approximate surface area is 181 Å². The van der Waals surface area contributed by atoms with Crippen LogP contribution in [0.15, 0.2) is 52.4 Å². The first-order chi connectivity index (χ1) is 15.1. The van der Waals surface area contributed by atoms with Crippen LogP contribution in [0.4, 0.5) is 5.69 Å². The van der Waals surface area contributed by atoms with Crippen LogP contribution < -0.4 is 16.0 Å². The molecule has 2 fully saturated rings. The highest BCUT2D eigenvalue weighted by molar-refractivity contribution is 5.81. The summed E-state index contributed by atoms with van der Waals surface area (Å²) in [4.78, 5) is 34.1. The number of anilines is 1. The molecule has 162 valence electrons. The van der Waals surface area contributed by atoms with Crippen LogP contribution >= 0.6 is 0 Å². The molecule has 1 aliphatic carbocycles. The van der Waals surface area contributed by atoms with Crippen LogP contribution in [0, 0.1) is 0 Å². The van der Waals surface area contributed by atoms with E-state index in [9.17, 15) is 9.59 Å². The molecule has 7 nitrogen and oxygen atoms in total. The summed E-state index contributed by atoms with van der Waals surface area (Å²) in [5, 5.41) is 0.711. The molecule has 1 saturated carbocycles. The van der Waals surface area contributed by atoms with Crippen molar-refractivity contribution in [3.05, 3.63) is 69.1 Å². The fraction of sp³-hybridized carbons (Fsp3) is 0.458. The van der Waals surface area contributed by atoms with Gasteiger partial charge in [-0.2, -0.15) is 0 Å². The zero-order valence-electron chi connectivity index (χ0n) is 18.0. The van der Waals surface area contributed by atoms with Crippen molar-refractivity contribution in [2.75, 3.05) is 31.1 Å². The van der Waals surface area contributed by atoms with Crippen molar-refractivity contribution >= 4 is 16.6 Å². The summed E-state index contributed by atoms with van der Waals surface area (Å²) in [7, 11) is 1.77. The Morgan fingerprint density at radius 2 is 1.77 bits per heavy atom. The van der Waals surface area contributed by atoms with E-state index in [1.807, 2.05) is 29.0 Å². The van der Waals surface area contributed by atoms with Gasteiger partial charge in [0.15, 0.2) is 0 Å². The number of piperazine rings is 1. The second-order valence-electron chi connectivity index (χ2n) is 8.84. The highest BCUT2D eigenvalue weighted by atomic mass is 16.1. The van der Waals surface area contributed by atoms with Gasteiger partial charge in [0.25, 0.3) is 11.1 Å². The van der Waals surface area contributed by atoms with Crippen molar-refractivity contribution in [2.24, 2.45) is 7.05 Å². The van der Waals surface area contributed by atoms with Crippen LogP contribution in [0.2, 0.25) is 0 Å². The molecule has 3 heterocycles. The number of benzene rings is 1. The number of aryl methyl sites for hydroxylation is 1. The van der Waals surface area contributed by atoms with Crippen molar-refractivity contribution in [3.63, 3.8) is 0 Å². The zero-order chi connectivity index (χ0) is 21.4. The van der Waals surface area contributed by atoms with Crippen molar-refractivity contribution in [1.82, 2.24) is 19.0 Å². The molecule has 0 radical (unpaired) electrons. The maximum Gasteiger partial charge on any atom is 0.261 e. The second-order valence-corrected chi connectivity index (χ2v) is 8.84. The summed E-state index contributed by atoms with van der Waals surface area (Å²) in [6.45, 7) is 4.49. The van der Waals surface area contributed by atoms with Gasteiger partial charge in [0.2, 0.25) is 0 Å². The Kier molecular flexibility index (Phi) is 5.36. The van der Waals surface area contributed by atoms with Gasteiger partial charge in [0, 0.05) is 63.8 Å². The van der Waals surface area contributed by atoms with E-state index < -0.39 is 0 Å². The lowest BCUT2D eigenvalue weighted by Crippen LogP contribution is -2.46. The molecule has 1 aliphatic heterocycles. The molecule has 0 N–H and O–H groups in total. The lowest BCUT2D eigenvalue weighted by atomic mass is 10.1. The monoisotopic (exact) mass is 419 g/mol. The number of aromatic nitrogens is 3. The standard InChI is InChI=1S/C24H29N5O2/c1-26-9-8-18(14-23(26)30)16-27-10-12-28(13-11-27)20-6-7-21-22(15-20)25-17-29(24(21)31)19-4-2-3-5-19/h6-9,14-15,17,19H,2-5,10-13,16H2,1H3. The van der Waals surface area contributed by atoms with E-state index in [-0.39, 0.29) is 11.1 Å². The first-order valence-corrected chi connectivity index (χ1v) is 11.2. The lowest BCUT2D eigenvalue weighted by molar-refractivity contribution is 0.249. The Hall–Kier alpha value is -2.93. The molecule has 2 aliphatic rings. The molecule has 2 aromatic heterocycles. The number of nitrogens with zero attached hydrogens (tertiary/aromatic N) is 5. The van der Waals surface area contributed by atoms with Crippen molar-refractivity contribution < 1.29 is 0 Å². The van der Waals surface area contributed by atoms with E-state index in [1.54, 1.807) is 24.0 Å². The van der Waals surface area contributed by atoms with Crippen LogP contribution in [0.3, 0.4) is 0 Å². The third kappa shape index (κ3) is 4.02. The number of rotatable bonds is 4. The van der Waals surface area contributed by atoms with Crippen LogP contribution in [0.1, 0.15) is 37.3 Å². The smallest absolute Gasteiger partial charge is 0.261 e. The van der Waals surface area contributed by atoms with Crippen molar-refractivity contribution in [1.29, 1.82) is 0 Å². The van der Waals surface area contributed by atoms with Gasteiger partial charge in [-0.25, -0.2) is 4.98 Å². The third-order valence-electron chi connectivity index (χ3n) is 6.80. The van der Waals surface area contributed by atoms with Gasteiger partial charge in [-0.05, 0) is 42.7 Å². The number of pyridine rings is 1. The molecule has 5 rings (SSSR count). The summed E-state index contributed by atoms with van der Waals surface area (Å²) in [6, 6.07) is 10.1. The maximum absolute atomic E-state index is 12.9. The molecule has 1 saturated heterocycles. The Bertz CT molecular complexity index is 1200. The second kappa shape index (κ2) is 8.30. The molecule has 0 amide bonds. The van der Waals surface area contributed by atoms with Gasteiger partial charge >= 0.3 is 0 Å². The molecule has 0 atom stereocenters. The maximum atomic E-state index is 12.9. The summed E-state index contributed by atoms with van der Waals surface area (Å²) < 4.78 is 3.43. The average Bonchev–Trinajstić information content (AvgIpc) is 3.31. The molecule has 0 spiro atoms. The van der Waals surface area contributed by atoms with Gasteiger partial charge in [-0.3, -0.25) is 19.1 Å². The fourth-order valence-corrected chi connectivity index (χ4v) is 4.87. The first kappa shape index (κ1) is 20.0. The molecule has 7 heteroatoms. The van der Waals surface area contributed by atoms with Gasteiger partial charge in [-0.15, -0.1) is 0 Å². The van der Waals surface area contributed by atoms with Gasteiger partial charge in [-0.1, -0.05) is 12.8 Å². The normalized spacial score (nSPS) is 18.2. The van der Waals surface area contributed by atoms with Crippen LogP contribution in [0.25, 0.3) is 10.9 Å². The van der Waals surface area contributed by atoms with E-state index in [4.69, 9.17) is 0 Å².